The smallest absolute Gasteiger partial charge is 0.371 e. The van der Waals surface area contributed by atoms with Gasteiger partial charge in [-0.05, 0) is 25.0 Å². The van der Waals surface area contributed by atoms with E-state index in [1.807, 2.05) is 18.2 Å². The van der Waals surface area contributed by atoms with Crippen molar-refractivity contribution in [2.45, 2.75) is 25.1 Å². The summed E-state index contributed by atoms with van der Waals surface area (Å²) in [6.45, 7) is 1.78. The van der Waals surface area contributed by atoms with Crippen LogP contribution in [-0.2, 0) is 6.18 Å². The van der Waals surface area contributed by atoms with Gasteiger partial charge in [0.1, 0.15) is 4.88 Å². The summed E-state index contributed by atoms with van der Waals surface area (Å²) in [4.78, 5) is 5.46. The van der Waals surface area contributed by atoms with Crippen LogP contribution in [0.4, 0.5) is 24.0 Å². The number of hydrogen-bond acceptors (Lipinski definition) is 4. The van der Waals surface area contributed by atoms with Gasteiger partial charge in [-0.3, -0.25) is 0 Å². The Morgan fingerprint density at radius 1 is 1.14 bits per heavy atom. The number of rotatable bonds is 3. The van der Waals surface area contributed by atoms with Crippen molar-refractivity contribution in [3.8, 4) is 0 Å². The fourth-order valence-corrected chi connectivity index (χ4v) is 3.33. The molecule has 3 rings (SSSR count). The second-order valence-corrected chi connectivity index (χ2v) is 6.30. The highest BCUT2D eigenvalue weighted by molar-refractivity contribution is 7.15. The van der Waals surface area contributed by atoms with Gasteiger partial charge in [-0.25, -0.2) is 4.98 Å². The van der Waals surface area contributed by atoms with Crippen LogP contribution in [0.1, 0.15) is 17.7 Å². The maximum atomic E-state index is 12.6. The van der Waals surface area contributed by atoms with Crippen LogP contribution in [0.15, 0.2) is 36.5 Å². The van der Waals surface area contributed by atoms with Crippen LogP contribution in [0.3, 0.4) is 0 Å². The Morgan fingerprint density at radius 2 is 1.82 bits per heavy atom. The molecule has 1 aliphatic heterocycles. The molecule has 1 fully saturated rings. The quantitative estimate of drug-likeness (QED) is 0.914. The molecule has 2 heterocycles. The first-order valence-corrected chi connectivity index (χ1v) is 7.93. The zero-order chi connectivity index (χ0) is 15.6. The maximum Gasteiger partial charge on any atom is 0.427 e. The molecule has 7 heteroatoms. The Labute approximate surface area is 130 Å². The van der Waals surface area contributed by atoms with Crippen molar-refractivity contribution in [3.05, 3.63) is 41.4 Å². The number of benzene rings is 1. The predicted molar refractivity (Wildman–Crippen MR) is 82.4 cm³/mol. The molecule has 0 saturated carbocycles. The molecule has 0 spiro atoms. The lowest BCUT2D eigenvalue weighted by molar-refractivity contribution is -0.134. The van der Waals surface area contributed by atoms with Crippen molar-refractivity contribution in [2.75, 3.05) is 23.3 Å². The van der Waals surface area contributed by atoms with E-state index < -0.39 is 11.1 Å². The normalized spacial score (nSPS) is 16.8. The first-order valence-electron chi connectivity index (χ1n) is 7.12. The second kappa shape index (κ2) is 6.16. The third-order valence-corrected chi connectivity index (χ3v) is 4.70. The van der Waals surface area contributed by atoms with Gasteiger partial charge >= 0.3 is 6.18 Å². The molecule has 3 nitrogen and oxygen atoms in total. The number of nitrogens with zero attached hydrogens (tertiary/aromatic N) is 2. The molecule has 1 aliphatic rings. The van der Waals surface area contributed by atoms with Crippen LogP contribution in [0.5, 0.6) is 0 Å². The van der Waals surface area contributed by atoms with Crippen LogP contribution in [0.25, 0.3) is 0 Å². The molecule has 118 valence electrons. The van der Waals surface area contributed by atoms with Crippen molar-refractivity contribution in [3.63, 3.8) is 0 Å². The highest BCUT2D eigenvalue weighted by Gasteiger charge is 2.33. The first kappa shape index (κ1) is 15.1. The second-order valence-electron chi connectivity index (χ2n) is 5.27. The van der Waals surface area contributed by atoms with E-state index in [2.05, 4.69) is 27.3 Å². The summed E-state index contributed by atoms with van der Waals surface area (Å²) in [7, 11) is 0. The van der Waals surface area contributed by atoms with Gasteiger partial charge in [-0.1, -0.05) is 29.5 Å². The van der Waals surface area contributed by atoms with Crippen molar-refractivity contribution in [1.82, 2.24) is 4.98 Å². The molecule has 0 amide bonds. The van der Waals surface area contributed by atoms with Gasteiger partial charge in [0.15, 0.2) is 5.13 Å². The Bertz CT molecular complexity index is 604. The summed E-state index contributed by atoms with van der Waals surface area (Å²) in [5.74, 6) is 0. The van der Waals surface area contributed by atoms with Crippen molar-refractivity contribution >= 4 is 22.2 Å². The van der Waals surface area contributed by atoms with Crippen molar-refractivity contribution in [2.24, 2.45) is 0 Å². The lowest BCUT2D eigenvalue weighted by Crippen LogP contribution is -2.39. The van der Waals surface area contributed by atoms with Crippen molar-refractivity contribution in [1.29, 1.82) is 0 Å². The molecule has 0 aliphatic carbocycles. The van der Waals surface area contributed by atoms with E-state index in [0.717, 1.165) is 32.1 Å². The van der Waals surface area contributed by atoms with E-state index in [1.54, 1.807) is 0 Å². The third kappa shape index (κ3) is 3.52. The van der Waals surface area contributed by atoms with Gasteiger partial charge in [0.05, 0.1) is 6.20 Å². The van der Waals surface area contributed by atoms with E-state index >= 15 is 0 Å². The minimum absolute atomic E-state index is 0.173. The van der Waals surface area contributed by atoms with E-state index in [-0.39, 0.29) is 6.04 Å². The summed E-state index contributed by atoms with van der Waals surface area (Å²) >= 11 is 0.670. The van der Waals surface area contributed by atoms with Crippen LogP contribution < -0.4 is 10.2 Å². The highest BCUT2D eigenvalue weighted by Crippen LogP contribution is 2.35. The lowest BCUT2D eigenvalue weighted by atomic mass is 10.0. The number of halogens is 3. The molecule has 0 atom stereocenters. The number of aromatic nitrogens is 1. The van der Waals surface area contributed by atoms with Gasteiger partial charge in [0, 0.05) is 24.8 Å². The number of para-hydroxylation sites is 1. The fraction of sp³-hybridized carbons (Fsp3) is 0.400. The zero-order valence-corrected chi connectivity index (χ0v) is 12.6. The molecule has 0 radical (unpaired) electrons. The summed E-state index contributed by atoms with van der Waals surface area (Å²) < 4.78 is 37.7. The largest absolute Gasteiger partial charge is 0.427 e. The molecule has 0 unspecified atom stereocenters. The summed E-state index contributed by atoms with van der Waals surface area (Å²) in [6, 6.07) is 10.3. The molecule has 1 aromatic heterocycles. The molecule has 1 saturated heterocycles. The van der Waals surface area contributed by atoms with Gasteiger partial charge in [0.2, 0.25) is 0 Å². The molecule has 1 N–H and O–H groups in total. The van der Waals surface area contributed by atoms with Crippen molar-refractivity contribution < 1.29 is 13.2 Å². The maximum absolute atomic E-state index is 12.6. The minimum atomic E-state index is -4.31. The van der Waals surface area contributed by atoms with E-state index in [9.17, 15) is 13.2 Å². The number of hydrogen-bond donors (Lipinski definition) is 1. The van der Waals surface area contributed by atoms with Gasteiger partial charge in [0.25, 0.3) is 0 Å². The fourth-order valence-electron chi connectivity index (χ4n) is 2.57. The topological polar surface area (TPSA) is 28.2 Å². The van der Waals surface area contributed by atoms with E-state index in [0.29, 0.717) is 16.5 Å². The number of thiazole rings is 1. The first-order chi connectivity index (χ1) is 10.5. The number of nitrogens with one attached hydrogen (secondary N) is 1. The Hall–Kier alpha value is -1.76. The average molecular weight is 327 g/mol. The number of alkyl halides is 3. The van der Waals surface area contributed by atoms with Crippen LogP contribution >= 0.6 is 11.3 Å². The molecule has 0 bridgehead atoms. The van der Waals surface area contributed by atoms with Crippen LogP contribution in [0.2, 0.25) is 0 Å². The monoisotopic (exact) mass is 327 g/mol. The van der Waals surface area contributed by atoms with Gasteiger partial charge < -0.3 is 10.2 Å². The molecular formula is C15H16F3N3S. The Morgan fingerprint density at radius 3 is 2.41 bits per heavy atom. The van der Waals surface area contributed by atoms with E-state index in [4.69, 9.17) is 0 Å². The predicted octanol–water partition coefficient (Wildman–Crippen LogP) is 4.24. The zero-order valence-electron chi connectivity index (χ0n) is 11.8. The Balaban J connectivity index is 1.55. The summed E-state index contributed by atoms with van der Waals surface area (Å²) in [5.41, 5.74) is 1.19. The highest BCUT2D eigenvalue weighted by atomic mass is 32.1. The summed E-state index contributed by atoms with van der Waals surface area (Å²) in [5, 5.41) is 3.48. The minimum Gasteiger partial charge on any atom is -0.371 e. The van der Waals surface area contributed by atoms with Gasteiger partial charge in [-0.15, -0.1) is 0 Å². The summed E-state index contributed by atoms with van der Waals surface area (Å²) in [6.07, 6.45) is -1.65. The third-order valence-electron chi connectivity index (χ3n) is 3.73. The molecule has 1 aromatic carbocycles. The van der Waals surface area contributed by atoms with Crippen LogP contribution in [0, 0.1) is 0 Å². The average Bonchev–Trinajstić information content (AvgIpc) is 2.98. The van der Waals surface area contributed by atoms with E-state index in [1.165, 1.54) is 5.69 Å². The number of piperidine rings is 1. The van der Waals surface area contributed by atoms with Gasteiger partial charge in [-0.2, -0.15) is 13.2 Å². The molecule has 22 heavy (non-hydrogen) atoms. The Kier molecular flexibility index (Phi) is 4.24. The SMILES string of the molecule is FC(F)(F)c1cnc(NC2CCN(c3ccccc3)CC2)s1. The lowest BCUT2D eigenvalue weighted by Gasteiger charge is -2.33. The molecular weight excluding hydrogens is 311 g/mol. The number of anilines is 2. The standard InChI is InChI=1S/C15H16F3N3S/c16-15(17,18)13-10-19-14(22-13)20-11-6-8-21(9-7-11)12-4-2-1-3-5-12/h1-5,10-11H,6-9H2,(H,19,20). The molecule has 2 aromatic rings. The van der Waals surface area contributed by atoms with Crippen LogP contribution in [-0.4, -0.2) is 24.1 Å².